The molecule has 0 spiro atoms. The summed E-state index contributed by atoms with van der Waals surface area (Å²) in [6.07, 6.45) is 5.40. The molecule has 1 aliphatic carbocycles. The van der Waals surface area contributed by atoms with Crippen LogP contribution in [-0.2, 0) is 13.0 Å². The van der Waals surface area contributed by atoms with E-state index in [1.54, 1.807) is 4.68 Å². The molecule has 1 heterocycles. The normalized spacial score (nSPS) is 18.9. The zero-order valence-electron chi connectivity index (χ0n) is 12.2. The van der Waals surface area contributed by atoms with Gasteiger partial charge in [-0.3, -0.25) is 0 Å². The number of hydrogen-bond donors (Lipinski definition) is 1. The Morgan fingerprint density at radius 3 is 2.77 bits per heavy atom. The van der Waals surface area contributed by atoms with E-state index in [1.165, 1.54) is 18.1 Å². The molecular formula is C15H17Cl2N3OS. The van der Waals surface area contributed by atoms with Crippen LogP contribution in [-0.4, -0.2) is 36.6 Å². The van der Waals surface area contributed by atoms with E-state index in [2.05, 4.69) is 10.1 Å². The minimum Gasteiger partial charge on any atom is -0.386 e. The fraction of sp³-hybridized carbons (Fsp3) is 0.467. The maximum absolute atomic E-state index is 11.3. The van der Waals surface area contributed by atoms with Gasteiger partial charge in [0.25, 0.3) is 0 Å². The van der Waals surface area contributed by atoms with Crippen LogP contribution in [0.1, 0.15) is 18.4 Å². The first-order chi connectivity index (χ1) is 10.5. The van der Waals surface area contributed by atoms with E-state index in [0.29, 0.717) is 18.0 Å². The fourth-order valence-corrected chi connectivity index (χ4v) is 3.55. The molecule has 0 amide bonds. The van der Waals surface area contributed by atoms with Gasteiger partial charge >= 0.3 is 0 Å². The molecule has 7 heteroatoms. The number of aliphatic hydroxyl groups is 1. The quantitative estimate of drug-likeness (QED) is 0.635. The molecule has 2 aromatic rings. The summed E-state index contributed by atoms with van der Waals surface area (Å²) in [4.78, 5) is 3.56. The third-order valence-corrected chi connectivity index (χ3v) is 5.92. The molecule has 1 aliphatic rings. The third-order valence-electron chi connectivity index (χ3n) is 4.14. The molecule has 22 heavy (non-hydrogen) atoms. The van der Waals surface area contributed by atoms with Crippen LogP contribution in [0, 0.1) is 0 Å². The highest BCUT2D eigenvalue weighted by Crippen LogP contribution is 2.53. The minimum absolute atomic E-state index is 0.303. The summed E-state index contributed by atoms with van der Waals surface area (Å²) < 4.78 is 1.71. The lowest BCUT2D eigenvalue weighted by Crippen LogP contribution is -2.47. The van der Waals surface area contributed by atoms with Crippen molar-refractivity contribution in [3.8, 4) is 0 Å². The second kappa shape index (κ2) is 6.04. The Balaban J connectivity index is 1.91. The van der Waals surface area contributed by atoms with Gasteiger partial charge in [0.2, 0.25) is 0 Å². The Kier molecular flexibility index (Phi) is 4.42. The van der Waals surface area contributed by atoms with E-state index in [-0.39, 0.29) is 0 Å². The molecule has 1 fully saturated rings. The van der Waals surface area contributed by atoms with Gasteiger partial charge in [0.05, 0.1) is 11.4 Å². The lowest BCUT2D eigenvalue weighted by atomic mass is 9.89. The molecule has 0 aliphatic heterocycles. The summed E-state index contributed by atoms with van der Waals surface area (Å²) >= 11 is 14.3. The number of aromatic nitrogens is 3. The van der Waals surface area contributed by atoms with Crippen LogP contribution in [0.5, 0.6) is 0 Å². The van der Waals surface area contributed by atoms with E-state index in [9.17, 15) is 5.11 Å². The van der Waals surface area contributed by atoms with Crippen molar-refractivity contribution in [2.24, 2.45) is 0 Å². The molecule has 0 radical (unpaired) electrons. The van der Waals surface area contributed by atoms with Gasteiger partial charge in [0, 0.05) is 11.4 Å². The standard InChI is InChI=1S/C15H17Cl2N3OS/c1-22-13-18-10-19-20(13)9-15(21,14(17)6-7-14)8-11-4-2-3-5-12(11)16/h2-5,10,21H,6-9H2,1H3. The molecule has 0 bridgehead atoms. The van der Waals surface area contributed by atoms with Crippen LogP contribution in [0.4, 0.5) is 0 Å². The Hall–Kier alpha value is -0.750. The van der Waals surface area contributed by atoms with Crippen LogP contribution in [0.25, 0.3) is 0 Å². The van der Waals surface area contributed by atoms with Crippen LogP contribution < -0.4 is 0 Å². The third kappa shape index (κ3) is 3.00. The molecule has 1 saturated carbocycles. The van der Waals surface area contributed by atoms with E-state index >= 15 is 0 Å². The number of benzene rings is 1. The number of hydrogen-bond acceptors (Lipinski definition) is 4. The van der Waals surface area contributed by atoms with Crippen molar-refractivity contribution in [2.45, 2.75) is 41.4 Å². The number of alkyl halides is 1. The van der Waals surface area contributed by atoms with Gasteiger partial charge in [-0.25, -0.2) is 9.67 Å². The van der Waals surface area contributed by atoms with Crippen molar-refractivity contribution in [2.75, 3.05) is 6.26 Å². The first-order valence-corrected chi connectivity index (χ1v) is 9.02. The van der Waals surface area contributed by atoms with Gasteiger partial charge in [-0.1, -0.05) is 41.6 Å². The second-order valence-corrected chi connectivity index (χ2v) is 7.57. The van der Waals surface area contributed by atoms with Crippen molar-refractivity contribution >= 4 is 35.0 Å². The molecule has 118 valence electrons. The van der Waals surface area contributed by atoms with Crippen LogP contribution in [0.15, 0.2) is 35.7 Å². The number of nitrogens with zero attached hydrogens (tertiary/aromatic N) is 3. The molecule has 0 saturated heterocycles. The zero-order chi connectivity index (χ0) is 15.8. The van der Waals surface area contributed by atoms with Gasteiger partial charge in [0.15, 0.2) is 5.16 Å². The average molecular weight is 358 g/mol. The van der Waals surface area contributed by atoms with Gasteiger partial charge in [-0.05, 0) is 30.7 Å². The highest BCUT2D eigenvalue weighted by molar-refractivity contribution is 7.98. The zero-order valence-corrected chi connectivity index (χ0v) is 14.5. The predicted molar refractivity (Wildman–Crippen MR) is 89.7 cm³/mol. The SMILES string of the molecule is CSc1ncnn1CC(O)(Cc1ccccc1Cl)C1(Cl)CC1. The topological polar surface area (TPSA) is 50.9 Å². The highest BCUT2D eigenvalue weighted by atomic mass is 35.5. The highest BCUT2D eigenvalue weighted by Gasteiger charge is 2.58. The molecular weight excluding hydrogens is 341 g/mol. The average Bonchev–Trinajstić information content (AvgIpc) is 3.10. The summed E-state index contributed by atoms with van der Waals surface area (Å²) in [5, 5.41) is 16.9. The summed E-state index contributed by atoms with van der Waals surface area (Å²) in [6.45, 7) is 0.303. The maximum Gasteiger partial charge on any atom is 0.185 e. The Morgan fingerprint density at radius 1 is 1.41 bits per heavy atom. The predicted octanol–water partition coefficient (Wildman–Crippen LogP) is 3.40. The van der Waals surface area contributed by atoms with Gasteiger partial charge in [-0.15, -0.1) is 11.6 Å². The number of rotatable bonds is 6. The van der Waals surface area contributed by atoms with E-state index in [4.69, 9.17) is 23.2 Å². The summed E-state index contributed by atoms with van der Waals surface area (Å²) in [6, 6.07) is 7.54. The lowest BCUT2D eigenvalue weighted by Gasteiger charge is -2.33. The fourth-order valence-electron chi connectivity index (χ4n) is 2.66. The molecule has 1 atom stereocenters. The largest absolute Gasteiger partial charge is 0.386 e. The number of halogens is 2. The van der Waals surface area contributed by atoms with Crippen molar-refractivity contribution in [3.63, 3.8) is 0 Å². The van der Waals surface area contributed by atoms with E-state index in [0.717, 1.165) is 23.6 Å². The molecule has 3 rings (SSSR count). The molecule has 1 aromatic carbocycles. The van der Waals surface area contributed by atoms with Crippen LogP contribution in [0.3, 0.4) is 0 Å². The van der Waals surface area contributed by atoms with Crippen LogP contribution in [0.2, 0.25) is 5.02 Å². The van der Waals surface area contributed by atoms with E-state index in [1.807, 2.05) is 30.5 Å². The van der Waals surface area contributed by atoms with Gasteiger partial charge < -0.3 is 5.11 Å². The summed E-state index contributed by atoms with van der Waals surface area (Å²) in [5.41, 5.74) is -0.220. The summed E-state index contributed by atoms with van der Waals surface area (Å²) in [7, 11) is 0. The Labute approximate surface area is 143 Å². The number of thioether (sulfide) groups is 1. The van der Waals surface area contributed by atoms with E-state index < -0.39 is 10.5 Å². The first kappa shape index (κ1) is 16.1. The maximum atomic E-state index is 11.3. The second-order valence-electron chi connectivity index (χ2n) is 5.67. The van der Waals surface area contributed by atoms with Gasteiger partial charge in [0.1, 0.15) is 11.9 Å². The molecule has 1 N–H and O–H groups in total. The minimum atomic E-state index is -1.11. The van der Waals surface area contributed by atoms with Gasteiger partial charge in [-0.2, -0.15) is 5.10 Å². The monoisotopic (exact) mass is 357 g/mol. The van der Waals surface area contributed by atoms with Crippen LogP contribution >= 0.6 is 35.0 Å². The first-order valence-electron chi connectivity index (χ1n) is 7.04. The van der Waals surface area contributed by atoms with Crippen molar-refractivity contribution < 1.29 is 5.11 Å². The lowest BCUT2D eigenvalue weighted by molar-refractivity contribution is 0.00527. The van der Waals surface area contributed by atoms with Crippen molar-refractivity contribution in [1.29, 1.82) is 0 Å². The molecule has 1 aromatic heterocycles. The Morgan fingerprint density at radius 2 is 2.14 bits per heavy atom. The van der Waals surface area contributed by atoms with Crippen molar-refractivity contribution in [1.82, 2.24) is 14.8 Å². The molecule has 4 nitrogen and oxygen atoms in total. The molecule has 1 unspecified atom stereocenters. The van der Waals surface area contributed by atoms with Crippen molar-refractivity contribution in [3.05, 3.63) is 41.2 Å². The smallest absolute Gasteiger partial charge is 0.185 e. The summed E-state index contributed by atoms with van der Waals surface area (Å²) in [5.74, 6) is 0. The Bertz CT molecular complexity index is 674.